The topological polar surface area (TPSA) is 12.9 Å². The van der Waals surface area contributed by atoms with E-state index in [0.29, 0.717) is 0 Å². The van der Waals surface area contributed by atoms with Gasteiger partial charge >= 0.3 is 0 Å². The molecule has 0 amide bonds. The summed E-state index contributed by atoms with van der Waals surface area (Å²) in [4.78, 5) is 4.53. The lowest BCUT2D eigenvalue weighted by Gasteiger charge is -2.20. The third-order valence-electron chi connectivity index (χ3n) is 10.5. The first-order chi connectivity index (χ1) is 25.8. The van der Waals surface area contributed by atoms with Crippen LogP contribution in [0.4, 0.5) is 0 Å². The van der Waals surface area contributed by atoms with Crippen LogP contribution < -0.4 is 0 Å². The molecule has 0 radical (unpaired) electrons. The molecule has 1 nitrogen and oxygen atoms in total. The smallest absolute Gasteiger partial charge is 0.0346 e. The van der Waals surface area contributed by atoms with E-state index in [1.54, 1.807) is 0 Å². The van der Waals surface area contributed by atoms with Crippen molar-refractivity contribution in [1.82, 2.24) is 4.98 Å². The van der Waals surface area contributed by atoms with Gasteiger partial charge in [-0.3, -0.25) is 4.98 Å². The van der Waals surface area contributed by atoms with Gasteiger partial charge in [-0.2, -0.15) is 0 Å². The number of pyridine rings is 1. The predicted molar refractivity (Wildman–Crippen MR) is 221 cm³/mol. The monoisotopic (exact) mass is 659 g/mol. The molecule has 0 unspecified atom stereocenters. The van der Waals surface area contributed by atoms with E-state index < -0.39 is 0 Å². The Morgan fingerprint density at radius 1 is 0.269 bits per heavy atom. The molecule has 0 saturated heterocycles. The standard InChI is InChI=1S/C51H33N/c1-3-12-34(13-4-1)36-21-25-38(26-22-36)50-43-19-9-10-20-44(43)51(39-27-23-37(24-28-39)35-14-5-2-6-15-35)49-32-47-45(41-17-11-29-52-33-41)30-40-16-7-8-18-42(40)46(47)31-48(49)50/h1-33H. The van der Waals surface area contributed by atoms with Crippen LogP contribution in [0.5, 0.6) is 0 Å². The van der Waals surface area contributed by atoms with Crippen molar-refractivity contribution in [1.29, 1.82) is 0 Å². The van der Waals surface area contributed by atoms with Crippen LogP contribution in [0.25, 0.3) is 98.7 Å². The van der Waals surface area contributed by atoms with Crippen LogP contribution in [-0.2, 0) is 0 Å². The molecule has 10 rings (SSSR count). The van der Waals surface area contributed by atoms with Crippen LogP contribution in [0.3, 0.4) is 0 Å². The number of rotatable bonds is 5. The van der Waals surface area contributed by atoms with Crippen molar-refractivity contribution in [3.05, 3.63) is 200 Å². The Hall–Kier alpha value is -6.83. The first-order valence-electron chi connectivity index (χ1n) is 17.9. The van der Waals surface area contributed by atoms with Crippen molar-refractivity contribution in [3.63, 3.8) is 0 Å². The Morgan fingerprint density at radius 3 is 1.25 bits per heavy atom. The number of hydrogen-bond donors (Lipinski definition) is 0. The molecule has 0 aliphatic rings. The van der Waals surface area contributed by atoms with Gasteiger partial charge in [0, 0.05) is 18.0 Å². The van der Waals surface area contributed by atoms with E-state index in [1.165, 1.54) is 93.2 Å². The molecule has 0 aliphatic heterocycles. The van der Waals surface area contributed by atoms with Crippen LogP contribution in [0, 0.1) is 0 Å². The zero-order valence-corrected chi connectivity index (χ0v) is 28.5. The molecule has 0 atom stereocenters. The molecule has 1 aromatic heterocycles. The van der Waals surface area contributed by atoms with Crippen LogP contribution >= 0.6 is 0 Å². The van der Waals surface area contributed by atoms with Crippen molar-refractivity contribution >= 4 is 43.1 Å². The molecule has 0 saturated carbocycles. The largest absolute Gasteiger partial charge is 0.264 e. The van der Waals surface area contributed by atoms with E-state index in [4.69, 9.17) is 0 Å². The van der Waals surface area contributed by atoms with Crippen molar-refractivity contribution in [2.45, 2.75) is 0 Å². The maximum atomic E-state index is 4.53. The van der Waals surface area contributed by atoms with E-state index in [2.05, 4.69) is 187 Å². The predicted octanol–water partition coefficient (Wildman–Crippen LogP) is 14.0. The number of aromatic nitrogens is 1. The molecule has 1 heterocycles. The highest BCUT2D eigenvalue weighted by Crippen LogP contribution is 2.47. The fourth-order valence-corrected chi connectivity index (χ4v) is 8.07. The van der Waals surface area contributed by atoms with Crippen LogP contribution in [0.2, 0.25) is 0 Å². The summed E-state index contributed by atoms with van der Waals surface area (Å²) in [7, 11) is 0. The summed E-state index contributed by atoms with van der Waals surface area (Å²) >= 11 is 0. The van der Waals surface area contributed by atoms with E-state index >= 15 is 0 Å². The fraction of sp³-hybridized carbons (Fsp3) is 0. The highest BCUT2D eigenvalue weighted by molar-refractivity contribution is 6.27. The van der Waals surface area contributed by atoms with Crippen molar-refractivity contribution < 1.29 is 0 Å². The summed E-state index contributed by atoms with van der Waals surface area (Å²) in [5, 5.41) is 9.91. The highest BCUT2D eigenvalue weighted by atomic mass is 14.6. The van der Waals surface area contributed by atoms with Gasteiger partial charge in [0.1, 0.15) is 0 Å². The number of benzene rings is 9. The Labute approximate surface area is 303 Å². The van der Waals surface area contributed by atoms with E-state index in [1.807, 2.05) is 18.5 Å². The second kappa shape index (κ2) is 12.5. The van der Waals surface area contributed by atoms with Gasteiger partial charge in [-0.1, -0.05) is 164 Å². The fourth-order valence-electron chi connectivity index (χ4n) is 8.07. The van der Waals surface area contributed by atoms with E-state index in [-0.39, 0.29) is 0 Å². The average Bonchev–Trinajstić information content (AvgIpc) is 3.23. The number of nitrogens with zero attached hydrogens (tertiary/aromatic N) is 1. The van der Waals surface area contributed by atoms with Gasteiger partial charge in [0.15, 0.2) is 0 Å². The normalized spacial score (nSPS) is 11.5. The molecule has 0 aliphatic carbocycles. The van der Waals surface area contributed by atoms with Gasteiger partial charge in [-0.05, 0) is 117 Å². The molecular weight excluding hydrogens is 627 g/mol. The molecule has 0 N–H and O–H groups in total. The molecule has 242 valence electrons. The molecule has 9 aromatic carbocycles. The van der Waals surface area contributed by atoms with Gasteiger partial charge in [-0.25, -0.2) is 0 Å². The first kappa shape index (κ1) is 30.0. The molecule has 52 heavy (non-hydrogen) atoms. The summed E-state index contributed by atoms with van der Waals surface area (Å²) in [6, 6.07) is 68.6. The van der Waals surface area contributed by atoms with Crippen LogP contribution in [-0.4, -0.2) is 4.98 Å². The van der Waals surface area contributed by atoms with E-state index in [0.717, 1.165) is 5.56 Å². The lowest BCUT2D eigenvalue weighted by atomic mass is 9.83. The molecule has 1 heteroatoms. The van der Waals surface area contributed by atoms with Crippen molar-refractivity contribution in [2.75, 3.05) is 0 Å². The Bertz CT molecular complexity index is 2890. The zero-order valence-electron chi connectivity index (χ0n) is 28.5. The quantitative estimate of drug-likeness (QED) is 0.132. The third kappa shape index (κ3) is 5.06. The molecule has 10 aromatic rings. The summed E-state index contributed by atoms with van der Waals surface area (Å²) < 4.78 is 0. The van der Waals surface area contributed by atoms with Gasteiger partial charge < -0.3 is 0 Å². The minimum Gasteiger partial charge on any atom is -0.264 e. The summed E-state index contributed by atoms with van der Waals surface area (Å²) in [5.41, 5.74) is 12.1. The second-order valence-electron chi connectivity index (χ2n) is 13.5. The second-order valence-corrected chi connectivity index (χ2v) is 13.5. The van der Waals surface area contributed by atoms with Gasteiger partial charge in [0.2, 0.25) is 0 Å². The Kier molecular flexibility index (Phi) is 7.22. The van der Waals surface area contributed by atoms with E-state index in [9.17, 15) is 0 Å². The van der Waals surface area contributed by atoms with Gasteiger partial charge in [0.25, 0.3) is 0 Å². The lowest BCUT2D eigenvalue weighted by molar-refractivity contribution is 1.33. The minimum atomic E-state index is 1.11. The summed E-state index contributed by atoms with van der Waals surface area (Å²) in [6.07, 6.45) is 3.83. The summed E-state index contributed by atoms with van der Waals surface area (Å²) in [5.74, 6) is 0. The number of hydrogen-bond acceptors (Lipinski definition) is 1. The van der Waals surface area contributed by atoms with Crippen molar-refractivity contribution in [2.24, 2.45) is 0 Å². The maximum absolute atomic E-state index is 4.53. The van der Waals surface area contributed by atoms with Crippen LogP contribution in [0.1, 0.15) is 0 Å². The Morgan fingerprint density at radius 2 is 0.712 bits per heavy atom. The SMILES string of the molecule is c1ccc(-c2ccc(-c3c4ccccc4c(-c4ccc(-c5ccccc5)cc4)c4cc5c(cc34)c(-c3cccnc3)cc3ccccc35)cc2)cc1. The first-order valence-corrected chi connectivity index (χ1v) is 17.9. The van der Waals surface area contributed by atoms with Crippen molar-refractivity contribution in [3.8, 4) is 55.6 Å². The maximum Gasteiger partial charge on any atom is 0.0346 e. The number of fused-ring (bicyclic) bond motifs is 5. The van der Waals surface area contributed by atoms with Gasteiger partial charge in [-0.15, -0.1) is 0 Å². The zero-order chi connectivity index (χ0) is 34.4. The van der Waals surface area contributed by atoms with Crippen LogP contribution in [0.15, 0.2) is 200 Å². The Balaban J connectivity index is 1.32. The molecule has 0 bridgehead atoms. The lowest BCUT2D eigenvalue weighted by Crippen LogP contribution is -1.93. The molecule has 0 spiro atoms. The highest BCUT2D eigenvalue weighted by Gasteiger charge is 2.20. The molecule has 0 fully saturated rings. The third-order valence-corrected chi connectivity index (χ3v) is 10.5. The molecular formula is C51H33N. The minimum absolute atomic E-state index is 1.11. The summed E-state index contributed by atoms with van der Waals surface area (Å²) in [6.45, 7) is 0. The average molecular weight is 660 g/mol. The van der Waals surface area contributed by atoms with Gasteiger partial charge in [0.05, 0.1) is 0 Å².